The Labute approximate surface area is 97.1 Å². The van der Waals surface area contributed by atoms with Gasteiger partial charge in [0.15, 0.2) is 0 Å². The minimum absolute atomic E-state index is 0.762. The van der Waals surface area contributed by atoms with Gasteiger partial charge in [-0.3, -0.25) is 0 Å². The first-order valence-corrected chi connectivity index (χ1v) is 6.14. The molecule has 15 heavy (non-hydrogen) atoms. The van der Waals surface area contributed by atoms with E-state index < -0.39 is 0 Å². The van der Waals surface area contributed by atoms with E-state index in [4.69, 9.17) is 11.6 Å². The van der Waals surface area contributed by atoms with Gasteiger partial charge in [-0.25, -0.2) is 4.98 Å². The van der Waals surface area contributed by atoms with Crippen LogP contribution in [0.15, 0.2) is 18.7 Å². The largest absolute Gasteiger partial charge is 0.337 e. The molecule has 0 bridgehead atoms. The molecule has 1 aromatic rings. The highest BCUT2D eigenvalue weighted by Crippen LogP contribution is 1.97. The molecule has 1 aromatic heterocycles. The van der Waals surface area contributed by atoms with Crippen molar-refractivity contribution in [1.82, 2.24) is 14.5 Å². The van der Waals surface area contributed by atoms with Crippen molar-refractivity contribution in [2.45, 2.75) is 26.3 Å². The van der Waals surface area contributed by atoms with Crippen molar-refractivity contribution in [2.24, 2.45) is 0 Å². The molecule has 1 rings (SSSR count). The quantitative estimate of drug-likeness (QED) is 0.638. The highest BCUT2D eigenvalue weighted by molar-refractivity contribution is 6.17. The summed E-state index contributed by atoms with van der Waals surface area (Å²) in [6.07, 6.45) is 7.96. The van der Waals surface area contributed by atoms with Crippen molar-refractivity contribution in [1.29, 1.82) is 0 Å². The van der Waals surface area contributed by atoms with Crippen molar-refractivity contribution in [3.05, 3.63) is 18.7 Å². The minimum atomic E-state index is 0.762. The molecule has 1 heterocycles. The third-order valence-electron chi connectivity index (χ3n) is 2.51. The molecule has 0 aliphatic rings. The lowest BCUT2D eigenvalue weighted by Gasteiger charge is -2.19. The number of aromatic nitrogens is 2. The molecule has 3 nitrogen and oxygen atoms in total. The average Bonchev–Trinajstić information content (AvgIpc) is 2.76. The van der Waals surface area contributed by atoms with Crippen LogP contribution in [0.4, 0.5) is 0 Å². The normalized spacial score (nSPS) is 11.1. The lowest BCUT2D eigenvalue weighted by Crippen LogP contribution is -2.26. The molecular formula is C11H20ClN3. The van der Waals surface area contributed by atoms with Crippen molar-refractivity contribution in [2.75, 3.05) is 25.5 Å². The van der Waals surface area contributed by atoms with E-state index in [0.717, 1.165) is 38.5 Å². The molecule has 0 aromatic carbocycles. The number of imidazole rings is 1. The maximum Gasteiger partial charge on any atom is 0.0945 e. The molecule has 86 valence electrons. The number of alkyl halides is 1. The summed E-state index contributed by atoms with van der Waals surface area (Å²) in [7, 11) is 0. The van der Waals surface area contributed by atoms with Crippen LogP contribution in [0.1, 0.15) is 19.8 Å². The molecule has 0 radical (unpaired) electrons. The monoisotopic (exact) mass is 229 g/mol. The van der Waals surface area contributed by atoms with E-state index in [2.05, 4.69) is 21.4 Å². The van der Waals surface area contributed by atoms with Crippen LogP contribution in [-0.2, 0) is 6.54 Å². The summed E-state index contributed by atoms with van der Waals surface area (Å²) in [4.78, 5) is 6.47. The van der Waals surface area contributed by atoms with Crippen LogP contribution in [0, 0.1) is 0 Å². The Bertz CT molecular complexity index is 236. The first kappa shape index (κ1) is 12.5. The Morgan fingerprint density at radius 1 is 1.33 bits per heavy atom. The zero-order valence-corrected chi connectivity index (χ0v) is 10.2. The average molecular weight is 230 g/mol. The van der Waals surface area contributed by atoms with Crippen LogP contribution >= 0.6 is 11.6 Å². The molecule has 0 aliphatic heterocycles. The van der Waals surface area contributed by atoms with Gasteiger partial charge in [-0.2, -0.15) is 0 Å². The molecule has 0 saturated carbocycles. The SMILES string of the molecule is CCN(CCCCl)CCCn1ccnc1. The van der Waals surface area contributed by atoms with Gasteiger partial charge in [-0.15, -0.1) is 11.6 Å². The van der Waals surface area contributed by atoms with E-state index in [9.17, 15) is 0 Å². The van der Waals surface area contributed by atoms with Crippen molar-refractivity contribution in [3.63, 3.8) is 0 Å². The third-order valence-corrected chi connectivity index (χ3v) is 2.77. The van der Waals surface area contributed by atoms with Gasteiger partial charge >= 0.3 is 0 Å². The number of halogens is 1. The standard InChI is InChI=1S/C11H20ClN3/c1-2-14(7-3-5-12)8-4-9-15-10-6-13-11-15/h6,10-11H,2-5,7-9H2,1H3. The van der Waals surface area contributed by atoms with Crippen LogP contribution in [0.5, 0.6) is 0 Å². The van der Waals surface area contributed by atoms with Crippen molar-refractivity contribution in [3.8, 4) is 0 Å². The highest BCUT2D eigenvalue weighted by Gasteiger charge is 2.01. The van der Waals surface area contributed by atoms with Gasteiger partial charge in [0.1, 0.15) is 0 Å². The molecule has 0 N–H and O–H groups in total. The molecule has 0 spiro atoms. The van der Waals surface area contributed by atoms with E-state index in [1.54, 1.807) is 0 Å². The topological polar surface area (TPSA) is 21.1 Å². The Morgan fingerprint density at radius 3 is 2.73 bits per heavy atom. The van der Waals surface area contributed by atoms with Crippen LogP contribution in [0.25, 0.3) is 0 Å². The lowest BCUT2D eigenvalue weighted by atomic mass is 10.3. The molecule has 0 saturated heterocycles. The third kappa shape index (κ3) is 5.19. The van der Waals surface area contributed by atoms with Gasteiger partial charge in [-0.05, 0) is 32.5 Å². The van der Waals surface area contributed by atoms with E-state index in [0.29, 0.717) is 0 Å². The second-order valence-corrected chi connectivity index (χ2v) is 4.01. The summed E-state index contributed by atoms with van der Waals surface area (Å²) in [5.74, 6) is 0.762. The number of rotatable bonds is 8. The van der Waals surface area contributed by atoms with E-state index in [1.807, 2.05) is 18.7 Å². The van der Waals surface area contributed by atoms with E-state index in [1.165, 1.54) is 6.42 Å². The van der Waals surface area contributed by atoms with Gasteiger partial charge < -0.3 is 9.47 Å². The summed E-state index contributed by atoms with van der Waals surface area (Å²) >= 11 is 5.68. The summed E-state index contributed by atoms with van der Waals surface area (Å²) in [6.45, 7) is 6.62. The van der Waals surface area contributed by atoms with Crippen molar-refractivity contribution >= 4 is 11.6 Å². The molecule has 0 amide bonds. The Hall–Kier alpha value is -0.540. The maximum absolute atomic E-state index is 5.68. The second-order valence-electron chi connectivity index (χ2n) is 3.63. The predicted molar refractivity (Wildman–Crippen MR) is 64.3 cm³/mol. The van der Waals surface area contributed by atoms with Crippen LogP contribution in [0.2, 0.25) is 0 Å². The van der Waals surface area contributed by atoms with E-state index in [-0.39, 0.29) is 0 Å². The first-order chi connectivity index (χ1) is 7.36. The molecule has 4 heteroatoms. The number of nitrogens with zero attached hydrogens (tertiary/aromatic N) is 3. The Balaban J connectivity index is 2.11. The van der Waals surface area contributed by atoms with Crippen molar-refractivity contribution < 1.29 is 0 Å². The minimum Gasteiger partial charge on any atom is -0.337 e. The van der Waals surface area contributed by atoms with Gasteiger partial charge in [0.25, 0.3) is 0 Å². The van der Waals surface area contributed by atoms with Crippen LogP contribution in [-0.4, -0.2) is 40.0 Å². The summed E-state index contributed by atoms with van der Waals surface area (Å²) in [5, 5.41) is 0. The fourth-order valence-electron chi connectivity index (χ4n) is 1.61. The van der Waals surface area contributed by atoms with Gasteiger partial charge in [0.2, 0.25) is 0 Å². The number of hydrogen-bond donors (Lipinski definition) is 0. The number of aryl methyl sites for hydroxylation is 1. The summed E-state index contributed by atoms with van der Waals surface area (Å²) in [5.41, 5.74) is 0. The van der Waals surface area contributed by atoms with E-state index >= 15 is 0 Å². The Morgan fingerprint density at radius 2 is 2.13 bits per heavy atom. The zero-order chi connectivity index (χ0) is 10.9. The molecular weight excluding hydrogens is 210 g/mol. The highest BCUT2D eigenvalue weighted by atomic mass is 35.5. The fourth-order valence-corrected chi connectivity index (χ4v) is 1.73. The van der Waals surface area contributed by atoms with Crippen LogP contribution in [0.3, 0.4) is 0 Å². The molecule has 0 unspecified atom stereocenters. The van der Waals surface area contributed by atoms with Gasteiger partial charge in [-0.1, -0.05) is 6.92 Å². The summed E-state index contributed by atoms with van der Waals surface area (Å²) in [6, 6.07) is 0. The lowest BCUT2D eigenvalue weighted by molar-refractivity contribution is 0.280. The second kappa shape index (κ2) is 7.71. The van der Waals surface area contributed by atoms with Crippen LogP contribution < -0.4 is 0 Å². The molecule has 0 atom stereocenters. The smallest absolute Gasteiger partial charge is 0.0945 e. The molecule has 0 fully saturated rings. The van der Waals surface area contributed by atoms with Gasteiger partial charge in [0.05, 0.1) is 6.33 Å². The first-order valence-electron chi connectivity index (χ1n) is 5.61. The Kier molecular flexibility index (Phi) is 6.44. The maximum atomic E-state index is 5.68. The van der Waals surface area contributed by atoms with Gasteiger partial charge in [0, 0.05) is 24.8 Å². The summed E-state index contributed by atoms with van der Waals surface area (Å²) < 4.78 is 2.12. The number of hydrogen-bond acceptors (Lipinski definition) is 2. The molecule has 0 aliphatic carbocycles. The zero-order valence-electron chi connectivity index (χ0n) is 9.40. The predicted octanol–water partition coefficient (Wildman–Crippen LogP) is 2.22. The fraction of sp³-hybridized carbons (Fsp3) is 0.727.